The first-order chi connectivity index (χ1) is 9.79. The van der Waals surface area contributed by atoms with Crippen LogP contribution in [0.15, 0.2) is 36.5 Å². The number of aliphatic hydroxyl groups excluding tert-OH is 1. The molecule has 0 fully saturated rings. The second-order valence-corrected chi connectivity index (χ2v) is 4.15. The van der Waals surface area contributed by atoms with Gasteiger partial charge in [0.2, 0.25) is 5.88 Å². The molecule has 2 rings (SSSR count). The van der Waals surface area contributed by atoms with Crippen molar-refractivity contribution in [2.24, 2.45) is 0 Å². The van der Waals surface area contributed by atoms with E-state index in [0.717, 1.165) is 12.0 Å². The number of benzene rings is 1. The molecular formula is C14H16FN3O2. The minimum absolute atomic E-state index is 0.102. The molecule has 0 atom stereocenters. The molecule has 0 saturated heterocycles. The maximum atomic E-state index is 13.7. The first-order valence-corrected chi connectivity index (χ1v) is 6.35. The molecule has 6 heteroatoms. The third kappa shape index (κ3) is 4.25. The van der Waals surface area contributed by atoms with Gasteiger partial charge >= 0.3 is 0 Å². The molecule has 1 aromatic heterocycles. The zero-order valence-electron chi connectivity index (χ0n) is 10.9. The summed E-state index contributed by atoms with van der Waals surface area (Å²) in [5, 5.41) is 19.1. The summed E-state index contributed by atoms with van der Waals surface area (Å²) in [4.78, 5) is 0. The standard InChI is InChI=1S/C14H16FN3O2/c15-12-4-3-11(5-7-16-8-9-19)10-13(12)20-14-2-1-6-17-18-14/h1-4,6,10,16,19H,5,7-9H2. The number of aliphatic hydroxyl groups is 1. The molecule has 20 heavy (non-hydrogen) atoms. The van der Waals surface area contributed by atoms with E-state index in [1.165, 1.54) is 12.3 Å². The van der Waals surface area contributed by atoms with Crippen LogP contribution in [0.5, 0.6) is 11.6 Å². The van der Waals surface area contributed by atoms with Crippen LogP contribution in [0.3, 0.4) is 0 Å². The first kappa shape index (κ1) is 14.4. The van der Waals surface area contributed by atoms with E-state index in [2.05, 4.69) is 15.5 Å². The number of nitrogens with zero attached hydrogens (tertiary/aromatic N) is 2. The van der Waals surface area contributed by atoms with Crippen molar-refractivity contribution in [3.8, 4) is 11.6 Å². The normalized spacial score (nSPS) is 10.5. The Kier molecular flexibility index (Phi) is 5.40. The highest BCUT2D eigenvalue weighted by atomic mass is 19.1. The fourth-order valence-corrected chi connectivity index (χ4v) is 1.67. The summed E-state index contributed by atoms with van der Waals surface area (Å²) in [5.41, 5.74) is 0.940. The molecule has 0 spiro atoms. The summed E-state index contributed by atoms with van der Waals surface area (Å²) in [6, 6.07) is 8.00. The Morgan fingerprint density at radius 3 is 2.90 bits per heavy atom. The smallest absolute Gasteiger partial charge is 0.238 e. The van der Waals surface area contributed by atoms with Gasteiger partial charge in [-0.15, -0.1) is 5.10 Å². The average molecular weight is 277 g/mol. The van der Waals surface area contributed by atoms with E-state index in [1.54, 1.807) is 24.3 Å². The number of hydrogen-bond acceptors (Lipinski definition) is 5. The second-order valence-electron chi connectivity index (χ2n) is 4.15. The molecule has 2 aromatic rings. The molecule has 0 saturated carbocycles. The van der Waals surface area contributed by atoms with Crippen LogP contribution in [0.4, 0.5) is 4.39 Å². The van der Waals surface area contributed by atoms with Gasteiger partial charge in [0.1, 0.15) is 0 Å². The molecule has 0 unspecified atom stereocenters. The zero-order chi connectivity index (χ0) is 14.2. The third-order valence-corrected chi connectivity index (χ3v) is 2.64. The summed E-state index contributed by atoms with van der Waals surface area (Å²) in [7, 11) is 0. The Bertz CT molecular complexity index is 537. The molecule has 1 aromatic carbocycles. The predicted octanol–water partition coefficient (Wildman–Crippen LogP) is 1.53. The maximum absolute atomic E-state index is 13.7. The van der Waals surface area contributed by atoms with E-state index in [4.69, 9.17) is 9.84 Å². The molecule has 0 radical (unpaired) electrons. The van der Waals surface area contributed by atoms with Gasteiger partial charge in [0.25, 0.3) is 0 Å². The van der Waals surface area contributed by atoms with Gasteiger partial charge in [-0.1, -0.05) is 6.07 Å². The van der Waals surface area contributed by atoms with Gasteiger partial charge in [-0.05, 0) is 36.7 Å². The largest absolute Gasteiger partial charge is 0.434 e. The summed E-state index contributed by atoms with van der Waals surface area (Å²) in [6.07, 6.45) is 2.24. The van der Waals surface area contributed by atoms with Crippen molar-refractivity contribution in [1.29, 1.82) is 0 Å². The van der Waals surface area contributed by atoms with Crippen LogP contribution in [-0.4, -0.2) is 35.0 Å². The van der Waals surface area contributed by atoms with Crippen molar-refractivity contribution in [2.45, 2.75) is 6.42 Å². The number of halogens is 1. The Morgan fingerprint density at radius 2 is 2.15 bits per heavy atom. The zero-order valence-corrected chi connectivity index (χ0v) is 10.9. The lowest BCUT2D eigenvalue weighted by Gasteiger charge is -2.08. The van der Waals surface area contributed by atoms with Crippen molar-refractivity contribution in [3.63, 3.8) is 0 Å². The number of ether oxygens (including phenoxy) is 1. The Labute approximate surface area is 116 Å². The van der Waals surface area contributed by atoms with Gasteiger partial charge in [-0.25, -0.2) is 4.39 Å². The molecule has 0 aliphatic rings. The number of nitrogens with one attached hydrogen (secondary N) is 1. The van der Waals surface area contributed by atoms with Gasteiger partial charge in [-0.2, -0.15) is 5.10 Å². The molecular weight excluding hydrogens is 261 g/mol. The minimum atomic E-state index is -0.442. The molecule has 0 aliphatic carbocycles. The van der Waals surface area contributed by atoms with E-state index in [1.807, 2.05) is 0 Å². The van der Waals surface area contributed by atoms with Crippen LogP contribution in [-0.2, 0) is 6.42 Å². The Hall–Kier alpha value is -2.05. The van der Waals surface area contributed by atoms with Crippen molar-refractivity contribution in [1.82, 2.24) is 15.5 Å². The van der Waals surface area contributed by atoms with Crippen molar-refractivity contribution >= 4 is 0 Å². The van der Waals surface area contributed by atoms with E-state index in [9.17, 15) is 4.39 Å². The number of hydrogen-bond donors (Lipinski definition) is 2. The summed E-state index contributed by atoms with van der Waals surface area (Å²) in [5.74, 6) is -0.0603. The van der Waals surface area contributed by atoms with Gasteiger partial charge < -0.3 is 15.2 Å². The van der Waals surface area contributed by atoms with Crippen LogP contribution in [0.25, 0.3) is 0 Å². The van der Waals surface area contributed by atoms with Crippen LogP contribution in [0, 0.1) is 5.82 Å². The highest BCUT2D eigenvalue weighted by molar-refractivity contribution is 5.33. The highest BCUT2D eigenvalue weighted by Gasteiger charge is 2.07. The molecule has 1 heterocycles. The molecule has 0 bridgehead atoms. The molecule has 0 amide bonds. The summed E-state index contributed by atoms with van der Waals surface area (Å²) < 4.78 is 19.0. The van der Waals surface area contributed by atoms with Crippen LogP contribution in [0.2, 0.25) is 0 Å². The third-order valence-electron chi connectivity index (χ3n) is 2.64. The molecule has 5 nitrogen and oxygen atoms in total. The first-order valence-electron chi connectivity index (χ1n) is 6.35. The van der Waals surface area contributed by atoms with Crippen LogP contribution < -0.4 is 10.1 Å². The second kappa shape index (κ2) is 7.52. The topological polar surface area (TPSA) is 67.3 Å². The van der Waals surface area contributed by atoms with E-state index in [0.29, 0.717) is 13.1 Å². The number of aromatic nitrogens is 2. The van der Waals surface area contributed by atoms with E-state index < -0.39 is 5.82 Å². The lowest BCUT2D eigenvalue weighted by Crippen LogP contribution is -2.20. The van der Waals surface area contributed by atoms with Crippen molar-refractivity contribution < 1.29 is 14.2 Å². The fourth-order valence-electron chi connectivity index (χ4n) is 1.67. The summed E-state index contributed by atoms with van der Waals surface area (Å²) in [6.45, 7) is 1.35. The van der Waals surface area contributed by atoms with Gasteiger partial charge in [0, 0.05) is 18.8 Å². The minimum Gasteiger partial charge on any atom is -0.434 e. The molecule has 0 aliphatic heterocycles. The maximum Gasteiger partial charge on any atom is 0.238 e. The fraction of sp³-hybridized carbons (Fsp3) is 0.286. The monoisotopic (exact) mass is 277 g/mol. The van der Waals surface area contributed by atoms with Gasteiger partial charge in [-0.3, -0.25) is 0 Å². The van der Waals surface area contributed by atoms with Crippen LogP contribution in [0.1, 0.15) is 5.56 Å². The lowest BCUT2D eigenvalue weighted by atomic mass is 10.1. The van der Waals surface area contributed by atoms with Crippen molar-refractivity contribution in [3.05, 3.63) is 47.9 Å². The Morgan fingerprint density at radius 1 is 1.25 bits per heavy atom. The van der Waals surface area contributed by atoms with Crippen molar-refractivity contribution in [2.75, 3.05) is 19.7 Å². The van der Waals surface area contributed by atoms with Gasteiger partial charge in [0.15, 0.2) is 11.6 Å². The van der Waals surface area contributed by atoms with E-state index in [-0.39, 0.29) is 18.2 Å². The highest BCUT2D eigenvalue weighted by Crippen LogP contribution is 2.23. The lowest BCUT2D eigenvalue weighted by molar-refractivity contribution is 0.293. The van der Waals surface area contributed by atoms with Crippen LogP contribution >= 0.6 is 0 Å². The van der Waals surface area contributed by atoms with E-state index >= 15 is 0 Å². The van der Waals surface area contributed by atoms with Gasteiger partial charge in [0.05, 0.1) is 6.61 Å². The summed E-state index contributed by atoms with van der Waals surface area (Å²) >= 11 is 0. The predicted molar refractivity (Wildman–Crippen MR) is 72.2 cm³/mol. The Balaban J connectivity index is 2.01. The molecule has 106 valence electrons. The quantitative estimate of drug-likeness (QED) is 0.751. The molecule has 2 N–H and O–H groups in total. The number of rotatable bonds is 7. The SMILES string of the molecule is OCCNCCc1ccc(F)c(Oc2cccnn2)c1. The average Bonchev–Trinajstić information content (AvgIpc) is 2.48.